The molecule has 1 heteroatoms. The second-order valence-corrected chi connectivity index (χ2v) is 5.76. The fraction of sp³-hybridized carbons (Fsp3) is 1.00. The molecule has 0 heterocycles. The molecule has 0 aromatic rings. The van der Waals surface area contributed by atoms with Crippen LogP contribution in [-0.4, -0.2) is 7.85 Å². The molecule has 0 saturated heterocycles. The van der Waals surface area contributed by atoms with Crippen LogP contribution in [0.3, 0.4) is 0 Å². The van der Waals surface area contributed by atoms with E-state index in [9.17, 15) is 0 Å². The van der Waals surface area contributed by atoms with Crippen molar-refractivity contribution in [2.75, 3.05) is 0 Å². The van der Waals surface area contributed by atoms with Gasteiger partial charge in [-0.15, -0.1) is 0 Å². The maximum Gasteiger partial charge on any atom is 0.110 e. The summed E-state index contributed by atoms with van der Waals surface area (Å²) >= 11 is 0. The van der Waals surface area contributed by atoms with E-state index in [0.29, 0.717) is 10.7 Å². The van der Waals surface area contributed by atoms with Crippen molar-refractivity contribution < 1.29 is 0 Å². The van der Waals surface area contributed by atoms with Gasteiger partial charge in [0.05, 0.1) is 0 Å². The molecule has 13 heavy (non-hydrogen) atoms. The summed E-state index contributed by atoms with van der Waals surface area (Å²) in [5.41, 5.74) is 0.569. The SMILES string of the molecule is BC1(C(C)(C)CCCC)CCCC1. The quantitative estimate of drug-likeness (QED) is 0.580. The molecule has 0 amide bonds. The lowest BCUT2D eigenvalue weighted by molar-refractivity contribution is 0.211. The van der Waals surface area contributed by atoms with E-state index in [-0.39, 0.29) is 0 Å². The highest BCUT2D eigenvalue weighted by Gasteiger charge is 2.41. The third kappa shape index (κ3) is 2.30. The van der Waals surface area contributed by atoms with Gasteiger partial charge in [-0.25, -0.2) is 0 Å². The van der Waals surface area contributed by atoms with Crippen LogP contribution in [0.5, 0.6) is 0 Å². The summed E-state index contributed by atoms with van der Waals surface area (Å²) in [4.78, 5) is 0. The molecule has 1 aliphatic rings. The first-order valence-electron chi connectivity index (χ1n) is 6.02. The molecule has 0 aromatic carbocycles. The normalized spacial score (nSPS) is 22.1. The number of unbranched alkanes of at least 4 members (excludes halogenated alkanes) is 1. The summed E-state index contributed by atoms with van der Waals surface area (Å²) in [6, 6.07) is 0. The highest BCUT2D eigenvalue weighted by Crippen LogP contribution is 2.56. The largest absolute Gasteiger partial charge is 0.110 e. The topological polar surface area (TPSA) is 0 Å². The number of hydrogen-bond acceptors (Lipinski definition) is 0. The molecular weight excluding hydrogens is 155 g/mol. The first kappa shape index (κ1) is 11.1. The fourth-order valence-electron chi connectivity index (χ4n) is 2.75. The van der Waals surface area contributed by atoms with Crippen molar-refractivity contribution in [3.8, 4) is 0 Å². The molecule has 0 bridgehead atoms. The van der Waals surface area contributed by atoms with Crippen LogP contribution < -0.4 is 0 Å². The second-order valence-electron chi connectivity index (χ2n) is 5.76. The molecule has 1 fully saturated rings. The van der Waals surface area contributed by atoms with E-state index in [4.69, 9.17) is 0 Å². The molecule has 0 aliphatic heterocycles. The molecule has 1 saturated carbocycles. The van der Waals surface area contributed by atoms with Crippen LogP contribution in [0.25, 0.3) is 0 Å². The van der Waals surface area contributed by atoms with E-state index in [1.165, 1.54) is 44.9 Å². The van der Waals surface area contributed by atoms with E-state index < -0.39 is 0 Å². The monoisotopic (exact) mass is 180 g/mol. The molecule has 0 N–H and O–H groups in total. The predicted molar refractivity (Wildman–Crippen MR) is 63.0 cm³/mol. The average molecular weight is 180 g/mol. The van der Waals surface area contributed by atoms with Gasteiger partial charge in [0.1, 0.15) is 7.85 Å². The van der Waals surface area contributed by atoms with Gasteiger partial charge in [-0.1, -0.05) is 64.6 Å². The molecule has 0 nitrogen and oxygen atoms in total. The Balaban J connectivity index is 2.55. The van der Waals surface area contributed by atoms with E-state index >= 15 is 0 Å². The molecule has 0 spiro atoms. The van der Waals surface area contributed by atoms with Crippen molar-refractivity contribution in [3.63, 3.8) is 0 Å². The van der Waals surface area contributed by atoms with Gasteiger partial charge in [-0.2, -0.15) is 0 Å². The Labute approximate surface area is 84.9 Å². The Morgan fingerprint density at radius 2 is 1.77 bits per heavy atom. The first-order chi connectivity index (χ1) is 6.02. The molecule has 0 unspecified atom stereocenters. The average Bonchev–Trinajstić information content (AvgIpc) is 2.50. The third-order valence-electron chi connectivity index (χ3n) is 4.50. The zero-order valence-corrected chi connectivity index (χ0v) is 9.95. The highest BCUT2D eigenvalue weighted by molar-refractivity contribution is 6.16. The Kier molecular flexibility index (Phi) is 3.48. The summed E-state index contributed by atoms with van der Waals surface area (Å²) in [5, 5.41) is 0.641. The van der Waals surface area contributed by atoms with Gasteiger partial charge in [0, 0.05) is 0 Å². The highest BCUT2D eigenvalue weighted by atomic mass is 14.4. The molecule has 1 aliphatic carbocycles. The van der Waals surface area contributed by atoms with Crippen molar-refractivity contribution in [3.05, 3.63) is 0 Å². The maximum atomic E-state index is 2.51. The standard InChI is InChI=1S/C12H25B/c1-4-5-8-11(2,3)12(13)9-6-7-10-12/h4-10,13H2,1-3H3. The molecule has 76 valence electrons. The molecule has 0 atom stereocenters. The van der Waals surface area contributed by atoms with E-state index in [2.05, 4.69) is 28.6 Å². The minimum atomic E-state index is 0.569. The Morgan fingerprint density at radius 1 is 1.23 bits per heavy atom. The zero-order chi connectivity index (χ0) is 9.95. The summed E-state index contributed by atoms with van der Waals surface area (Å²) < 4.78 is 0. The van der Waals surface area contributed by atoms with Crippen molar-refractivity contribution in [2.45, 2.75) is 71.0 Å². The van der Waals surface area contributed by atoms with E-state index in [1.807, 2.05) is 0 Å². The van der Waals surface area contributed by atoms with Crippen LogP contribution in [0.15, 0.2) is 0 Å². The number of hydrogen-bond donors (Lipinski definition) is 0. The molecule has 0 radical (unpaired) electrons. The lowest BCUT2D eigenvalue weighted by Gasteiger charge is -2.42. The van der Waals surface area contributed by atoms with Gasteiger partial charge in [0.15, 0.2) is 0 Å². The van der Waals surface area contributed by atoms with Crippen LogP contribution in [0, 0.1) is 5.41 Å². The minimum Gasteiger partial charge on any atom is -0.0654 e. The smallest absolute Gasteiger partial charge is 0.0654 e. The van der Waals surface area contributed by atoms with Gasteiger partial charge in [-0.3, -0.25) is 0 Å². The maximum absolute atomic E-state index is 2.51. The zero-order valence-electron chi connectivity index (χ0n) is 9.95. The van der Waals surface area contributed by atoms with Gasteiger partial charge in [0.2, 0.25) is 0 Å². The number of rotatable bonds is 4. The van der Waals surface area contributed by atoms with Crippen molar-refractivity contribution in [1.29, 1.82) is 0 Å². The van der Waals surface area contributed by atoms with Gasteiger partial charge < -0.3 is 0 Å². The van der Waals surface area contributed by atoms with Crippen LogP contribution >= 0.6 is 0 Å². The summed E-state index contributed by atoms with van der Waals surface area (Å²) in [5.74, 6) is 0. The Bertz CT molecular complexity index is 155. The minimum absolute atomic E-state index is 0.569. The Morgan fingerprint density at radius 3 is 2.23 bits per heavy atom. The fourth-order valence-corrected chi connectivity index (χ4v) is 2.75. The van der Waals surface area contributed by atoms with Gasteiger partial charge in [0.25, 0.3) is 0 Å². The van der Waals surface area contributed by atoms with Crippen LogP contribution in [0.2, 0.25) is 5.31 Å². The Hall–Kier alpha value is 0.0649. The predicted octanol–water partition coefficient (Wildman–Crippen LogP) is 3.57. The second kappa shape index (κ2) is 4.06. The summed E-state index contributed by atoms with van der Waals surface area (Å²) in [7, 11) is 2.51. The lowest BCUT2D eigenvalue weighted by atomic mass is 9.51. The first-order valence-corrected chi connectivity index (χ1v) is 6.02. The third-order valence-corrected chi connectivity index (χ3v) is 4.50. The molecule has 1 rings (SSSR count). The van der Waals surface area contributed by atoms with Gasteiger partial charge in [-0.05, 0) is 11.8 Å². The lowest BCUT2D eigenvalue weighted by Crippen LogP contribution is -2.29. The van der Waals surface area contributed by atoms with Crippen molar-refractivity contribution in [1.82, 2.24) is 0 Å². The van der Waals surface area contributed by atoms with Crippen molar-refractivity contribution >= 4 is 7.85 Å². The van der Waals surface area contributed by atoms with Crippen LogP contribution in [0.4, 0.5) is 0 Å². The van der Waals surface area contributed by atoms with E-state index in [1.54, 1.807) is 0 Å². The molecule has 0 aromatic heterocycles. The summed E-state index contributed by atoms with van der Waals surface area (Å²) in [6.45, 7) is 7.26. The van der Waals surface area contributed by atoms with Crippen molar-refractivity contribution in [2.24, 2.45) is 5.41 Å². The molecular formula is C12H25B. The van der Waals surface area contributed by atoms with Gasteiger partial charge >= 0.3 is 0 Å². The summed E-state index contributed by atoms with van der Waals surface area (Å²) in [6.07, 6.45) is 10.0. The van der Waals surface area contributed by atoms with E-state index in [0.717, 1.165) is 0 Å². The van der Waals surface area contributed by atoms with Crippen LogP contribution in [-0.2, 0) is 0 Å². The van der Waals surface area contributed by atoms with Crippen LogP contribution in [0.1, 0.15) is 65.7 Å².